The van der Waals surface area contributed by atoms with Crippen LogP contribution < -0.4 is 5.32 Å². The fraction of sp³-hybridized carbons (Fsp3) is 0.381. The lowest BCUT2D eigenvalue weighted by Crippen LogP contribution is -2.39. The number of anilines is 2. The zero-order chi connectivity index (χ0) is 20.9. The number of hydrogen-bond donors (Lipinski definition) is 2. The topological polar surface area (TPSA) is 87.5 Å². The van der Waals surface area contributed by atoms with Crippen molar-refractivity contribution in [3.63, 3.8) is 0 Å². The zero-order valence-electron chi connectivity index (χ0n) is 16.3. The molecule has 1 aromatic heterocycles. The highest BCUT2D eigenvalue weighted by Gasteiger charge is 2.31. The van der Waals surface area contributed by atoms with Crippen LogP contribution in [0.4, 0.5) is 11.5 Å². The Balaban J connectivity index is 1.54. The van der Waals surface area contributed by atoms with Crippen LogP contribution in [0.5, 0.6) is 0 Å². The summed E-state index contributed by atoms with van der Waals surface area (Å²) in [5.41, 5.74) is 1.75. The largest absolute Gasteiger partial charge is 0.393 e. The summed E-state index contributed by atoms with van der Waals surface area (Å²) in [5.74, 6) is 0.630. The van der Waals surface area contributed by atoms with Gasteiger partial charge in [-0.05, 0) is 68.1 Å². The Morgan fingerprint density at radius 3 is 2.40 bits per heavy atom. The van der Waals surface area contributed by atoms with E-state index in [1.807, 2.05) is 22.9 Å². The number of fused-ring (bicyclic) bond motifs is 1. The third kappa shape index (κ3) is 3.69. The standard InChI is InChI=1S/C21H23ClN4O3S/c22-14-1-3-15(4-2-14)23-21-19-13-18(7-8-20(19)26(24-21)16-5-6-16)30(28,29)25-11-9-17(27)10-12-25/h1-4,7-8,13,16-17,27H,5-6,9-12H2,(H,23,24). The molecule has 1 aliphatic carbocycles. The van der Waals surface area contributed by atoms with Crippen molar-refractivity contribution >= 4 is 44.0 Å². The SMILES string of the molecule is O=S(=O)(c1ccc2c(c1)c(Nc1ccc(Cl)cc1)nn2C1CC1)N1CCC(O)CC1. The van der Waals surface area contributed by atoms with Gasteiger partial charge in [-0.1, -0.05) is 11.6 Å². The molecule has 7 nitrogen and oxygen atoms in total. The molecule has 2 fully saturated rings. The number of rotatable bonds is 5. The predicted molar refractivity (Wildman–Crippen MR) is 117 cm³/mol. The van der Waals surface area contributed by atoms with E-state index >= 15 is 0 Å². The van der Waals surface area contributed by atoms with Crippen molar-refractivity contribution in [3.05, 3.63) is 47.5 Å². The molecule has 5 rings (SSSR count). The highest BCUT2D eigenvalue weighted by molar-refractivity contribution is 7.89. The minimum atomic E-state index is -3.63. The average Bonchev–Trinajstić information content (AvgIpc) is 3.52. The summed E-state index contributed by atoms with van der Waals surface area (Å²) in [7, 11) is -3.63. The predicted octanol–water partition coefficient (Wildman–Crippen LogP) is 3.91. The number of piperidine rings is 1. The van der Waals surface area contributed by atoms with Gasteiger partial charge in [0.1, 0.15) is 0 Å². The average molecular weight is 447 g/mol. The Kier molecular flexibility index (Phi) is 4.97. The molecule has 30 heavy (non-hydrogen) atoms. The fourth-order valence-corrected chi connectivity index (χ4v) is 5.49. The van der Waals surface area contributed by atoms with Crippen molar-refractivity contribution < 1.29 is 13.5 Å². The summed E-state index contributed by atoms with van der Waals surface area (Å²) in [6, 6.07) is 12.9. The van der Waals surface area contributed by atoms with Crippen LogP contribution in [-0.2, 0) is 10.0 Å². The first-order chi connectivity index (χ1) is 14.4. The van der Waals surface area contributed by atoms with Gasteiger partial charge in [0.2, 0.25) is 10.0 Å². The first-order valence-corrected chi connectivity index (χ1v) is 12.0. The van der Waals surface area contributed by atoms with E-state index in [2.05, 4.69) is 5.32 Å². The summed E-state index contributed by atoms with van der Waals surface area (Å²) in [6.07, 6.45) is 2.65. The van der Waals surface area contributed by atoms with Crippen molar-refractivity contribution in [2.45, 2.75) is 42.7 Å². The van der Waals surface area contributed by atoms with Crippen molar-refractivity contribution in [2.24, 2.45) is 0 Å². The Morgan fingerprint density at radius 2 is 1.73 bits per heavy atom. The Morgan fingerprint density at radius 1 is 1.03 bits per heavy atom. The van der Waals surface area contributed by atoms with E-state index in [1.165, 1.54) is 4.31 Å². The van der Waals surface area contributed by atoms with Gasteiger partial charge in [-0.15, -0.1) is 0 Å². The maximum absolute atomic E-state index is 13.2. The van der Waals surface area contributed by atoms with E-state index in [9.17, 15) is 13.5 Å². The lowest BCUT2D eigenvalue weighted by atomic mass is 10.1. The molecule has 0 spiro atoms. The minimum absolute atomic E-state index is 0.251. The maximum Gasteiger partial charge on any atom is 0.243 e. The van der Waals surface area contributed by atoms with Crippen molar-refractivity contribution in [2.75, 3.05) is 18.4 Å². The second-order valence-electron chi connectivity index (χ2n) is 7.97. The molecular formula is C21H23ClN4O3S. The molecule has 1 saturated carbocycles. The number of aromatic nitrogens is 2. The van der Waals surface area contributed by atoms with Crippen LogP contribution in [0, 0.1) is 0 Å². The molecule has 2 N–H and O–H groups in total. The van der Waals surface area contributed by atoms with Crippen LogP contribution in [0.1, 0.15) is 31.7 Å². The highest BCUT2D eigenvalue weighted by Crippen LogP contribution is 2.40. The molecule has 2 aliphatic rings. The third-order valence-electron chi connectivity index (χ3n) is 5.74. The van der Waals surface area contributed by atoms with Gasteiger partial charge in [0, 0.05) is 29.2 Å². The van der Waals surface area contributed by atoms with Crippen molar-refractivity contribution in [1.29, 1.82) is 0 Å². The number of aliphatic hydroxyl groups excluding tert-OH is 1. The van der Waals surface area contributed by atoms with E-state index in [4.69, 9.17) is 16.7 Å². The quantitative estimate of drug-likeness (QED) is 0.620. The monoisotopic (exact) mass is 446 g/mol. The molecule has 1 aliphatic heterocycles. The van der Waals surface area contributed by atoms with Gasteiger partial charge in [-0.25, -0.2) is 8.42 Å². The molecule has 0 unspecified atom stereocenters. The molecule has 0 bridgehead atoms. The summed E-state index contributed by atoms with van der Waals surface area (Å²) in [6.45, 7) is 0.664. The van der Waals surface area contributed by atoms with Crippen LogP contribution in [0.25, 0.3) is 10.9 Å². The van der Waals surface area contributed by atoms with Gasteiger partial charge in [0.25, 0.3) is 0 Å². The minimum Gasteiger partial charge on any atom is -0.393 e. The summed E-state index contributed by atoms with van der Waals surface area (Å²) in [5, 5.41) is 19.2. The molecule has 2 heterocycles. The third-order valence-corrected chi connectivity index (χ3v) is 7.89. The van der Waals surface area contributed by atoms with Gasteiger partial charge >= 0.3 is 0 Å². The number of nitrogens with zero attached hydrogens (tertiary/aromatic N) is 3. The normalized spacial score (nSPS) is 18.7. The maximum atomic E-state index is 13.2. The van der Waals surface area contributed by atoms with Crippen LogP contribution in [0.2, 0.25) is 5.02 Å². The molecule has 0 amide bonds. The van der Waals surface area contributed by atoms with Crippen LogP contribution in [0.3, 0.4) is 0 Å². The number of nitrogens with one attached hydrogen (secondary N) is 1. The van der Waals surface area contributed by atoms with E-state index < -0.39 is 16.1 Å². The van der Waals surface area contributed by atoms with E-state index in [1.54, 1.807) is 24.3 Å². The van der Waals surface area contributed by atoms with Crippen molar-refractivity contribution in [3.8, 4) is 0 Å². The first kappa shape index (κ1) is 19.8. The second-order valence-corrected chi connectivity index (χ2v) is 10.3. The van der Waals surface area contributed by atoms with Crippen LogP contribution in [-0.4, -0.2) is 46.8 Å². The van der Waals surface area contributed by atoms with Crippen LogP contribution >= 0.6 is 11.6 Å². The number of sulfonamides is 1. The zero-order valence-corrected chi connectivity index (χ0v) is 17.9. The molecular weight excluding hydrogens is 424 g/mol. The van der Waals surface area contributed by atoms with Crippen LogP contribution in [0.15, 0.2) is 47.4 Å². The summed E-state index contributed by atoms with van der Waals surface area (Å²) in [4.78, 5) is 0.251. The molecule has 1 saturated heterocycles. The molecule has 158 valence electrons. The summed E-state index contributed by atoms with van der Waals surface area (Å²) < 4.78 is 29.8. The molecule has 9 heteroatoms. The van der Waals surface area contributed by atoms with Gasteiger partial charge < -0.3 is 10.4 Å². The second kappa shape index (κ2) is 7.53. The number of halogens is 1. The number of benzene rings is 2. The van der Waals surface area contributed by atoms with Gasteiger partial charge in [-0.2, -0.15) is 9.40 Å². The molecule has 0 atom stereocenters. The lowest BCUT2D eigenvalue weighted by molar-refractivity contribution is 0.113. The van der Waals surface area contributed by atoms with E-state index in [0.717, 1.165) is 29.4 Å². The van der Waals surface area contributed by atoms with E-state index in [0.29, 0.717) is 42.8 Å². The molecule has 3 aromatic rings. The highest BCUT2D eigenvalue weighted by atomic mass is 35.5. The Bertz CT molecular complexity index is 1180. The van der Waals surface area contributed by atoms with Crippen molar-refractivity contribution in [1.82, 2.24) is 14.1 Å². The molecule has 0 radical (unpaired) electrons. The fourth-order valence-electron chi connectivity index (χ4n) is 3.87. The van der Waals surface area contributed by atoms with E-state index in [-0.39, 0.29) is 4.90 Å². The van der Waals surface area contributed by atoms with Gasteiger partial charge in [-0.3, -0.25) is 4.68 Å². The Hall–Kier alpha value is -2.13. The summed E-state index contributed by atoms with van der Waals surface area (Å²) >= 11 is 5.98. The number of aliphatic hydroxyl groups is 1. The molecule has 2 aromatic carbocycles. The smallest absolute Gasteiger partial charge is 0.243 e. The van der Waals surface area contributed by atoms with Gasteiger partial charge in [0.05, 0.1) is 22.6 Å². The van der Waals surface area contributed by atoms with Gasteiger partial charge in [0.15, 0.2) is 5.82 Å². The number of hydrogen-bond acceptors (Lipinski definition) is 5. The Labute approximate surface area is 180 Å². The lowest BCUT2D eigenvalue weighted by Gasteiger charge is -2.28. The first-order valence-electron chi connectivity index (χ1n) is 10.1.